The third-order valence-electron chi connectivity index (χ3n) is 5.93. The molecule has 0 bridgehead atoms. The van der Waals surface area contributed by atoms with Gasteiger partial charge in [-0.15, -0.1) is 0 Å². The van der Waals surface area contributed by atoms with E-state index in [1.165, 1.54) is 34.4 Å². The van der Waals surface area contributed by atoms with Crippen molar-refractivity contribution in [3.05, 3.63) is 108 Å². The summed E-state index contributed by atoms with van der Waals surface area (Å²) in [5.74, 6) is -0.214. The van der Waals surface area contributed by atoms with Crippen LogP contribution in [0.25, 0.3) is 22.3 Å². The quantitative estimate of drug-likeness (QED) is 0.388. The van der Waals surface area contributed by atoms with Crippen LogP contribution in [-0.2, 0) is 5.41 Å². The van der Waals surface area contributed by atoms with E-state index in [2.05, 4.69) is 85.9 Å². The lowest BCUT2D eigenvalue weighted by Crippen LogP contribution is -2.15. The molecule has 0 aromatic heterocycles. The van der Waals surface area contributed by atoms with E-state index in [9.17, 15) is 4.39 Å². The molecule has 0 fully saturated rings. The molecule has 0 radical (unpaired) electrons. The lowest BCUT2D eigenvalue weighted by molar-refractivity contribution is 0.628. The van der Waals surface area contributed by atoms with Gasteiger partial charge in [0.15, 0.2) is 0 Å². The first-order valence-electron chi connectivity index (χ1n) is 9.90. The molecule has 0 amide bonds. The molecule has 5 rings (SSSR count). The Morgan fingerprint density at radius 1 is 0.621 bits per heavy atom. The van der Waals surface area contributed by atoms with Crippen LogP contribution in [0, 0.1) is 5.82 Å². The van der Waals surface area contributed by atoms with Gasteiger partial charge < -0.3 is 5.32 Å². The van der Waals surface area contributed by atoms with E-state index in [1.54, 1.807) is 12.1 Å². The number of halogens is 1. The fraction of sp³-hybridized carbons (Fsp3) is 0.111. The summed E-state index contributed by atoms with van der Waals surface area (Å²) in [6.45, 7) is 4.58. The maximum atomic E-state index is 13.1. The Hall–Kier alpha value is -3.39. The second-order valence-corrected chi connectivity index (χ2v) is 8.14. The van der Waals surface area contributed by atoms with Crippen LogP contribution in [0.3, 0.4) is 0 Å². The molecular formula is C27H22FN. The molecule has 0 atom stereocenters. The SMILES string of the molecule is CC1(C)c2ccccc2-c2ccc(Nc3ccc(-c4ccc(F)cc4)cc3)cc21. The van der Waals surface area contributed by atoms with Crippen molar-refractivity contribution in [1.29, 1.82) is 0 Å². The van der Waals surface area contributed by atoms with Gasteiger partial charge in [-0.2, -0.15) is 0 Å². The summed E-state index contributed by atoms with van der Waals surface area (Å²) < 4.78 is 13.1. The highest BCUT2D eigenvalue weighted by Gasteiger charge is 2.35. The molecule has 142 valence electrons. The Balaban J connectivity index is 1.42. The molecule has 1 nitrogen and oxygen atoms in total. The van der Waals surface area contributed by atoms with Gasteiger partial charge in [-0.25, -0.2) is 4.39 Å². The Morgan fingerprint density at radius 3 is 1.93 bits per heavy atom. The molecule has 0 saturated carbocycles. The summed E-state index contributed by atoms with van der Waals surface area (Å²) in [7, 11) is 0. The molecule has 1 aliphatic rings. The van der Waals surface area contributed by atoms with E-state index in [1.807, 2.05) is 0 Å². The van der Waals surface area contributed by atoms with Crippen molar-refractivity contribution >= 4 is 11.4 Å². The summed E-state index contributed by atoms with van der Waals surface area (Å²) in [4.78, 5) is 0. The van der Waals surface area contributed by atoms with Crippen LogP contribution in [-0.4, -0.2) is 0 Å². The molecule has 1 aliphatic carbocycles. The normalized spacial score (nSPS) is 13.6. The minimum Gasteiger partial charge on any atom is -0.356 e. The summed E-state index contributed by atoms with van der Waals surface area (Å²) >= 11 is 0. The first-order chi connectivity index (χ1) is 14.0. The van der Waals surface area contributed by atoms with Crippen molar-refractivity contribution in [2.45, 2.75) is 19.3 Å². The minimum absolute atomic E-state index is 0.00391. The summed E-state index contributed by atoms with van der Waals surface area (Å²) in [5, 5.41) is 3.53. The monoisotopic (exact) mass is 379 g/mol. The van der Waals surface area contributed by atoms with E-state index >= 15 is 0 Å². The van der Waals surface area contributed by atoms with E-state index < -0.39 is 0 Å². The van der Waals surface area contributed by atoms with Crippen molar-refractivity contribution < 1.29 is 4.39 Å². The van der Waals surface area contributed by atoms with E-state index in [0.717, 1.165) is 22.5 Å². The highest BCUT2D eigenvalue weighted by molar-refractivity contribution is 5.83. The largest absolute Gasteiger partial charge is 0.356 e. The number of hydrogen-bond acceptors (Lipinski definition) is 1. The fourth-order valence-corrected chi connectivity index (χ4v) is 4.34. The predicted octanol–water partition coefficient (Wildman–Crippen LogP) is 7.54. The maximum absolute atomic E-state index is 13.1. The van der Waals surface area contributed by atoms with Gasteiger partial charge in [-0.1, -0.05) is 68.4 Å². The van der Waals surface area contributed by atoms with E-state index in [4.69, 9.17) is 0 Å². The minimum atomic E-state index is -0.214. The second kappa shape index (κ2) is 6.59. The Morgan fingerprint density at radius 2 is 1.21 bits per heavy atom. The summed E-state index contributed by atoms with van der Waals surface area (Å²) in [5.41, 5.74) is 9.59. The van der Waals surface area contributed by atoms with Gasteiger partial charge in [0, 0.05) is 16.8 Å². The van der Waals surface area contributed by atoms with Gasteiger partial charge >= 0.3 is 0 Å². The average molecular weight is 379 g/mol. The Labute approximate surface area is 170 Å². The number of rotatable bonds is 3. The van der Waals surface area contributed by atoms with Gasteiger partial charge in [0.2, 0.25) is 0 Å². The van der Waals surface area contributed by atoms with Crippen LogP contribution in [0.4, 0.5) is 15.8 Å². The second-order valence-electron chi connectivity index (χ2n) is 8.14. The lowest BCUT2D eigenvalue weighted by atomic mass is 9.82. The van der Waals surface area contributed by atoms with Gasteiger partial charge in [0.25, 0.3) is 0 Å². The molecule has 4 aromatic rings. The van der Waals surface area contributed by atoms with Crippen molar-refractivity contribution in [2.75, 3.05) is 5.32 Å². The third-order valence-corrected chi connectivity index (χ3v) is 5.93. The zero-order valence-electron chi connectivity index (χ0n) is 16.5. The van der Waals surface area contributed by atoms with Gasteiger partial charge in [0.1, 0.15) is 5.82 Å². The van der Waals surface area contributed by atoms with Crippen molar-refractivity contribution in [3.63, 3.8) is 0 Å². The molecule has 0 saturated heterocycles. The highest BCUT2D eigenvalue weighted by Crippen LogP contribution is 2.49. The van der Waals surface area contributed by atoms with Crippen LogP contribution in [0.2, 0.25) is 0 Å². The maximum Gasteiger partial charge on any atom is 0.123 e. The van der Waals surface area contributed by atoms with Crippen molar-refractivity contribution in [1.82, 2.24) is 0 Å². The van der Waals surface area contributed by atoms with Crippen LogP contribution < -0.4 is 5.32 Å². The Bertz CT molecular complexity index is 1190. The molecule has 4 aromatic carbocycles. The zero-order chi connectivity index (χ0) is 20.0. The molecule has 0 spiro atoms. The lowest BCUT2D eigenvalue weighted by Gasteiger charge is -2.22. The highest BCUT2D eigenvalue weighted by atomic mass is 19.1. The van der Waals surface area contributed by atoms with Crippen LogP contribution in [0.5, 0.6) is 0 Å². The van der Waals surface area contributed by atoms with Gasteiger partial charge in [-0.05, 0) is 69.8 Å². The summed E-state index contributed by atoms with van der Waals surface area (Å²) in [6.07, 6.45) is 0. The van der Waals surface area contributed by atoms with E-state index in [-0.39, 0.29) is 11.2 Å². The molecule has 2 heteroatoms. The van der Waals surface area contributed by atoms with Crippen molar-refractivity contribution in [2.24, 2.45) is 0 Å². The first kappa shape index (κ1) is 17.7. The topological polar surface area (TPSA) is 12.0 Å². The number of fused-ring (bicyclic) bond motifs is 3. The Kier molecular flexibility index (Phi) is 4.02. The third kappa shape index (κ3) is 3.01. The molecule has 1 N–H and O–H groups in total. The molecule has 29 heavy (non-hydrogen) atoms. The smallest absolute Gasteiger partial charge is 0.123 e. The average Bonchev–Trinajstić information content (AvgIpc) is 2.97. The standard InChI is InChI=1S/C27H22FN/c1-27(2)25-6-4-3-5-23(25)24-16-15-22(17-26(24)27)29-21-13-9-19(10-14-21)18-7-11-20(28)12-8-18/h3-17,29H,1-2H3. The summed E-state index contributed by atoms with van der Waals surface area (Å²) in [6, 6.07) is 30.1. The number of benzene rings is 4. The number of hydrogen-bond donors (Lipinski definition) is 1. The van der Waals surface area contributed by atoms with Crippen molar-refractivity contribution in [3.8, 4) is 22.3 Å². The molecule has 0 unspecified atom stereocenters. The number of nitrogens with one attached hydrogen (secondary N) is 1. The van der Waals surface area contributed by atoms with E-state index in [0.29, 0.717) is 0 Å². The van der Waals surface area contributed by atoms with Gasteiger partial charge in [0.05, 0.1) is 0 Å². The van der Waals surface area contributed by atoms with Crippen LogP contribution >= 0.6 is 0 Å². The fourth-order valence-electron chi connectivity index (χ4n) is 4.34. The zero-order valence-corrected chi connectivity index (χ0v) is 16.5. The predicted molar refractivity (Wildman–Crippen MR) is 119 cm³/mol. The molecule has 0 aliphatic heterocycles. The number of anilines is 2. The van der Waals surface area contributed by atoms with Crippen LogP contribution in [0.1, 0.15) is 25.0 Å². The van der Waals surface area contributed by atoms with Crippen LogP contribution in [0.15, 0.2) is 91.0 Å². The van der Waals surface area contributed by atoms with Gasteiger partial charge in [-0.3, -0.25) is 0 Å². The first-order valence-corrected chi connectivity index (χ1v) is 9.90. The molecule has 0 heterocycles. The molecular weight excluding hydrogens is 357 g/mol.